The second-order valence-corrected chi connectivity index (χ2v) is 10.5. The number of ether oxygens (including phenoxy) is 3. The second-order valence-electron chi connectivity index (χ2n) is 9.13. The first-order valence-corrected chi connectivity index (χ1v) is 13.5. The van der Waals surface area contributed by atoms with Crippen LogP contribution in [0.2, 0.25) is 0 Å². The number of nitrogen functional groups attached to an aromatic ring is 1. The van der Waals surface area contributed by atoms with E-state index < -0.39 is 11.8 Å². The van der Waals surface area contributed by atoms with E-state index >= 15 is 0 Å². The van der Waals surface area contributed by atoms with Gasteiger partial charge in [0, 0.05) is 6.20 Å². The fourth-order valence-corrected chi connectivity index (χ4v) is 6.07. The Kier molecular flexibility index (Phi) is 8.88. The van der Waals surface area contributed by atoms with E-state index in [0.29, 0.717) is 26.4 Å². The van der Waals surface area contributed by atoms with Crippen LogP contribution in [0.5, 0.6) is 0 Å². The van der Waals surface area contributed by atoms with Gasteiger partial charge < -0.3 is 19.9 Å². The quantitative estimate of drug-likeness (QED) is 0.298. The van der Waals surface area contributed by atoms with Gasteiger partial charge in [0.15, 0.2) is 0 Å². The van der Waals surface area contributed by atoms with Gasteiger partial charge in [0.2, 0.25) is 0 Å². The summed E-state index contributed by atoms with van der Waals surface area (Å²) >= 11 is 1.61. The van der Waals surface area contributed by atoms with Crippen LogP contribution in [0.15, 0.2) is 108 Å². The summed E-state index contributed by atoms with van der Waals surface area (Å²) in [5.74, 6) is 0.190. The Balaban J connectivity index is 1.40. The average molecular weight is 530 g/mol. The SMILES string of the molecule is Nc1ccn(C2S[C@@H](COCc3ccccc3)[C@@H](OCc3ccccc3)[C@@H]2OCc2ccccc2)c(=O)n1. The standard InChI is InChI=1S/C30H31N3O4S/c31-26-16-17-33(30(34)32-26)29-28(37-20-24-14-8-3-9-15-24)27(36-19-23-12-6-2-7-13-23)25(38-29)21-35-18-22-10-4-1-5-11-22/h1-17,25,27-29H,18-21H2,(H2,31,32,34)/t25-,27+,28-,29?/m0/s1. The van der Waals surface area contributed by atoms with Crippen LogP contribution in [-0.2, 0) is 34.0 Å². The highest BCUT2D eigenvalue weighted by Crippen LogP contribution is 2.45. The number of anilines is 1. The minimum absolute atomic E-state index is 0.0716. The molecule has 2 heterocycles. The number of nitrogens with zero attached hydrogens (tertiary/aromatic N) is 2. The molecule has 1 aromatic heterocycles. The number of benzene rings is 3. The van der Waals surface area contributed by atoms with Crippen LogP contribution in [0, 0.1) is 0 Å². The van der Waals surface area contributed by atoms with Gasteiger partial charge in [0.05, 0.1) is 31.7 Å². The Morgan fingerprint density at radius 1 is 0.737 bits per heavy atom. The van der Waals surface area contributed by atoms with E-state index in [0.717, 1.165) is 16.7 Å². The predicted octanol–water partition coefficient (Wildman–Crippen LogP) is 4.83. The van der Waals surface area contributed by atoms with E-state index in [4.69, 9.17) is 19.9 Å². The molecule has 0 radical (unpaired) electrons. The van der Waals surface area contributed by atoms with Crippen LogP contribution < -0.4 is 11.4 Å². The number of aromatic nitrogens is 2. The number of hydrogen-bond donors (Lipinski definition) is 1. The maximum atomic E-state index is 12.9. The van der Waals surface area contributed by atoms with Gasteiger partial charge in [0.1, 0.15) is 23.4 Å². The molecular formula is C30H31N3O4S. The van der Waals surface area contributed by atoms with Crippen molar-refractivity contribution in [2.45, 2.75) is 42.7 Å². The van der Waals surface area contributed by atoms with Gasteiger partial charge in [-0.05, 0) is 22.8 Å². The Labute approximate surface area is 226 Å². The molecule has 1 aliphatic heterocycles. The third-order valence-corrected chi connectivity index (χ3v) is 7.90. The van der Waals surface area contributed by atoms with Crippen molar-refractivity contribution in [2.24, 2.45) is 0 Å². The Hall–Kier alpha value is -3.43. The highest BCUT2D eigenvalue weighted by molar-refractivity contribution is 8.00. The van der Waals surface area contributed by atoms with Crippen LogP contribution in [-0.4, -0.2) is 33.6 Å². The van der Waals surface area contributed by atoms with Crippen molar-refractivity contribution in [1.29, 1.82) is 0 Å². The lowest BCUT2D eigenvalue weighted by Crippen LogP contribution is -2.40. The molecule has 2 N–H and O–H groups in total. The van der Waals surface area contributed by atoms with Gasteiger partial charge in [-0.25, -0.2) is 4.79 Å². The molecule has 4 aromatic rings. The predicted molar refractivity (Wildman–Crippen MR) is 149 cm³/mol. The van der Waals surface area contributed by atoms with Crippen molar-refractivity contribution in [2.75, 3.05) is 12.3 Å². The van der Waals surface area contributed by atoms with Crippen LogP contribution in [0.3, 0.4) is 0 Å². The normalized spacial score (nSPS) is 20.9. The number of rotatable bonds is 11. The van der Waals surface area contributed by atoms with E-state index in [9.17, 15) is 4.79 Å². The molecule has 1 saturated heterocycles. The molecule has 1 fully saturated rings. The molecule has 5 rings (SSSR count). The maximum Gasteiger partial charge on any atom is 0.350 e. The first-order chi connectivity index (χ1) is 18.7. The van der Waals surface area contributed by atoms with Gasteiger partial charge in [-0.1, -0.05) is 91.0 Å². The van der Waals surface area contributed by atoms with Crippen LogP contribution >= 0.6 is 11.8 Å². The zero-order chi connectivity index (χ0) is 26.2. The summed E-state index contributed by atoms with van der Waals surface area (Å²) in [6, 6.07) is 31.7. The second kappa shape index (κ2) is 12.9. The lowest BCUT2D eigenvalue weighted by Gasteiger charge is -2.27. The first kappa shape index (κ1) is 26.2. The molecule has 0 spiro atoms. The minimum atomic E-state index is -0.419. The summed E-state index contributed by atoms with van der Waals surface area (Å²) in [6.45, 7) is 1.75. The Bertz CT molecular complexity index is 1340. The van der Waals surface area contributed by atoms with Crippen molar-refractivity contribution in [3.05, 3.63) is 130 Å². The summed E-state index contributed by atoms with van der Waals surface area (Å²) in [4.78, 5) is 16.8. The van der Waals surface area contributed by atoms with Crippen LogP contribution in [0.4, 0.5) is 5.82 Å². The average Bonchev–Trinajstić information content (AvgIpc) is 3.29. The van der Waals surface area contributed by atoms with Crippen LogP contribution in [0.1, 0.15) is 22.1 Å². The summed E-state index contributed by atoms with van der Waals surface area (Å²) in [5.41, 5.74) is 8.58. The summed E-state index contributed by atoms with van der Waals surface area (Å²) in [7, 11) is 0. The number of nitrogens with two attached hydrogens (primary N) is 1. The Morgan fingerprint density at radius 2 is 1.26 bits per heavy atom. The zero-order valence-corrected chi connectivity index (χ0v) is 21.8. The molecule has 38 heavy (non-hydrogen) atoms. The Morgan fingerprint density at radius 3 is 1.82 bits per heavy atom. The van der Waals surface area contributed by atoms with Crippen molar-refractivity contribution in [3.63, 3.8) is 0 Å². The van der Waals surface area contributed by atoms with E-state index in [1.54, 1.807) is 28.6 Å². The first-order valence-electron chi connectivity index (χ1n) is 12.6. The highest BCUT2D eigenvalue weighted by Gasteiger charge is 2.47. The molecule has 3 aromatic carbocycles. The molecule has 1 aliphatic rings. The van der Waals surface area contributed by atoms with Gasteiger partial charge in [-0.3, -0.25) is 4.57 Å². The van der Waals surface area contributed by atoms with E-state index in [1.807, 2.05) is 91.0 Å². The summed E-state index contributed by atoms with van der Waals surface area (Å²) in [6.07, 6.45) is 0.939. The molecule has 0 aliphatic carbocycles. The fraction of sp³-hybridized carbons (Fsp3) is 0.267. The van der Waals surface area contributed by atoms with Crippen molar-refractivity contribution in [3.8, 4) is 0 Å². The largest absolute Gasteiger partial charge is 0.383 e. The lowest BCUT2D eigenvalue weighted by atomic mass is 10.1. The lowest BCUT2D eigenvalue weighted by molar-refractivity contribution is -0.0920. The fourth-order valence-electron chi connectivity index (χ4n) is 4.47. The molecule has 8 heteroatoms. The van der Waals surface area contributed by atoms with Gasteiger partial charge in [-0.2, -0.15) is 4.98 Å². The summed E-state index contributed by atoms with van der Waals surface area (Å²) < 4.78 is 20.8. The molecule has 1 unspecified atom stereocenters. The summed E-state index contributed by atoms with van der Waals surface area (Å²) in [5, 5.41) is -0.428. The minimum Gasteiger partial charge on any atom is -0.383 e. The van der Waals surface area contributed by atoms with Crippen molar-refractivity contribution >= 4 is 17.6 Å². The number of hydrogen-bond acceptors (Lipinski definition) is 7. The third-order valence-electron chi connectivity index (χ3n) is 6.38. The molecule has 196 valence electrons. The molecule has 4 atom stereocenters. The topological polar surface area (TPSA) is 88.6 Å². The van der Waals surface area contributed by atoms with Gasteiger partial charge >= 0.3 is 5.69 Å². The van der Waals surface area contributed by atoms with Crippen molar-refractivity contribution in [1.82, 2.24) is 9.55 Å². The molecule has 0 saturated carbocycles. The van der Waals surface area contributed by atoms with Gasteiger partial charge in [0.25, 0.3) is 0 Å². The van der Waals surface area contributed by atoms with Crippen LogP contribution in [0.25, 0.3) is 0 Å². The third kappa shape index (κ3) is 6.71. The molecule has 0 bridgehead atoms. The van der Waals surface area contributed by atoms with E-state index in [2.05, 4.69) is 4.98 Å². The zero-order valence-electron chi connectivity index (χ0n) is 21.0. The van der Waals surface area contributed by atoms with E-state index in [-0.39, 0.29) is 22.5 Å². The van der Waals surface area contributed by atoms with Crippen molar-refractivity contribution < 1.29 is 14.2 Å². The molecule has 7 nitrogen and oxygen atoms in total. The molecule has 0 amide bonds. The molecular weight excluding hydrogens is 498 g/mol. The van der Waals surface area contributed by atoms with Gasteiger partial charge in [-0.15, -0.1) is 11.8 Å². The highest BCUT2D eigenvalue weighted by atomic mass is 32.2. The smallest absolute Gasteiger partial charge is 0.350 e. The van der Waals surface area contributed by atoms with E-state index in [1.165, 1.54) is 0 Å². The maximum absolute atomic E-state index is 12.9. The number of thioether (sulfide) groups is 1. The monoisotopic (exact) mass is 529 g/mol.